The lowest BCUT2D eigenvalue weighted by Crippen LogP contribution is -2.15. The highest BCUT2D eigenvalue weighted by molar-refractivity contribution is 7.19. The Labute approximate surface area is 111 Å². The Morgan fingerprint density at radius 3 is 2.82 bits per heavy atom. The van der Waals surface area contributed by atoms with Gasteiger partial charge in [0.2, 0.25) is 0 Å². The van der Waals surface area contributed by atoms with Crippen molar-refractivity contribution in [2.24, 2.45) is 5.73 Å². The van der Waals surface area contributed by atoms with E-state index in [0.29, 0.717) is 0 Å². The van der Waals surface area contributed by atoms with Crippen LogP contribution in [-0.2, 0) is 6.54 Å². The second kappa shape index (κ2) is 6.36. The summed E-state index contributed by atoms with van der Waals surface area (Å²) in [5, 5.41) is 5.47. The van der Waals surface area contributed by atoms with Gasteiger partial charge in [0, 0.05) is 21.5 Å². The van der Waals surface area contributed by atoms with Crippen LogP contribution in [0.25, 0.3) is 10.1 Å². The Morgan fingerprint density at radius 1 is 1.24 bits per heavy atom. The van der Waals surface area contributed by atoms with E-state index >= 15 is 0 Å². The predicted octanol–water partition coefficient (Wildman–Crippen LogP) is 3.38. The summed E-state index contributed by atoms with van der Waals surface area (Å²) in [6.45, 7) is 2.62. The molecule has 2 rings (SSSR count). The quantitative estimate of drug-likeness (QED) is 0.789. The van der Waals surface area contributed by atoms with Gasteiger partial charge in [0.15, 0.2) is 0 Å². The van der Waals surface area contributed by atoms with E-state index in [1.807, 2.05) is 12.1 Å². The molecule has 0 aliphatic carbocycles. The van der Waals surface area contributed by atoms with Crippen molar-refractivity contribution < 1.29 is 0 Å². The lowest BCUT2D eigenvalue weighted by molar-refractivity contribution is 0.631. The SMILES string of the molecule is NCCCCNCc1sc2ccccc2c1Cl. The number of thiophene rings is 1. The second-order valence-electron chi connectivity index (χ2n) is 4.01. The molecule has 0 aliphatic heterocycles. The Morgan fingerprint density at radius 2 is 2.06 bits per heavy atom. The summed E-state index contributed by atoms with van der Waals surface area (Å²) in [6, 6.07) is 8.27. The van der Waals surface area contributed by atoms with Crippen LogP contribution in [-0.4, -0.2) is 13.1 Å². The van der Waals surface area contributed by atoms with E-state index in [0.717, 1.165) is 42.9 Å². The molecule has 0 unspecified atom stereocenters. The van der Waals surface area contributed by atoms with Crippen LogP contribution in [0, 0.1) is 0 Å². The Bertz CT molecular complexity index is 481. The normalized spacial score (nSPS) is 11.2. The maximum Gasteiger partial charge on any atom is 0.0636 e. The number of nitrogens with two attached hydrogens (primary N) is 1. The minimum Gasteiger partial charge on any atom is -0.330 e. The van der Waals surface area contributed by atoms with E-state index in [-0.39, 0.29) is 0 Å². The molecule has 0 saturated heterocycles. The number of benzene rings is 1. The molecule has 0 atom stereocenters. The van der Waals surface area contributed by atoms with E-state index in [9.17, 15) is 0 Å². The summed E-state index contributed by atoms with van der Waals surface area (Å²) in [7, 11) is 0. The highest BCUT2D eigenvalue weighted by atomic mass is 35.5. The van der Waals surface area contributed by atoms with Gasteiger partial charge in [0.05, 0.1) is 5.02 Å². The molecule has 0 bridgehead atoms. The minimum atomic E-state index is 0.769. The second-order valence-corrected chi connectivity index (χ2v) is 5.52. The van der Waals surface area contributed by atoms with Gasteiger partial charge in [0.25, 0.3) is 0 Å². The first kappa shape index (κ1) is 12.8. The molecule has 0 amide bonds. The van der Waals surface area contributed by atoms with Gasteiger partial charge in [-0.2, -0.15) is 0 Å². The number of unbranched alkanes of at least 4 members (excludes halogenated alkanes) is 1. The standard InChI is InChI=1S/C13H17ClN2S/c14-13-10-5-1-2-6-11(10)17-12(13)9-16-8-4-3-7-15/h1-2,5-6,16H,3-4,7-9,15H2. The van der Waals surface area contributed by atoms with Gasteiger partial charge in [-0.15, -0.1) is 11.3 Å². The van der Waals surface area contributed by atoms with Crippen molar-refractivity contribution in [1.29, 1.82) is 0 Å². The molecule has 3 N–H and O–H groups in total. The van der Waals surface area contributed by atoms with E-state index < -0.39 is 0 Å². The summed E-state index contributed by atoms with van der Waals surface area (Å²) in [6.07, 6.45) is 2.20. The molecule has 17 heavy (non-hydrogen) atoms. The zero-order chi connectivity index (χ0) is 12.1. The average molecular weight is 269 g/mol. The minimum absolute atomic E-state index is 0.769. The highest BCUT2D eigenvalue weighted by Crippen LogP contribution is 2.34. The molecule has 1 aromatic heterocycles. The van der Waals surface area contributed by atoms with Gasteiger partial charge >= 0.3 is 0 Å². The van der Waals surface area contributed by atoms with Crippen LogP contribution in [0.2, 0.25) is 5.02 Å². The van der Waals surface area contributed by atoms with Crippen molar-refractivity contribution in [2.45, 2.75) is 19.4 Å². The van der Waals surface area contributed by atoms with Gasteiger partial charge in [-0.1, -0.05) is 29.8 Å². The van der Waals surface area contributed by atoms with Crippen molar-refractivity contribution in [2.75, 3.05) is 13.1 Å². The average Bonchev–Trinajstić information content (AvgIpc) is 2.67. The molecule has 1 aromatic carbocycles. The van der Waals surface area contributed by atoms with Crippen LogP contribution in [0.15, 0.2) is 24.3 Å². The fraction of sp³-hybridized carbons (Fsp3) is 0.385. The van der Waals surface area contributed by atoms with Crippen molar-refractivity contribution >= 4 is 33.0 Å². The molecule has 0 saturated carbocycles. The smallest absolute Gasteiger partial charge is 0.0636 e. The van der Waals surface area contributed by atoms with Crippen molar-refractivity contribution in [3.05, 3.63) is 34.2 Å². The fourth-order valence-electron chi connectivity index (χ4n) is 1.77. The molecule has 0 spiro atoms. The summed E-state index contributed by atoms with van der Waals surface area (Å²) in [5.41, 5.74) is 5.45. The highest BCUT2D eigenvalue weighted by Gasteiger charge is 2.08. The monoisotopic (exact) mass is 268 g/mol. The summed E-state index contributed by atoms with van der Waals surface area (Å²) >= 11 is 8.12. The Balaban J connectivity index is 1.97. The lowest BCUT2D eigenvalue weighted by atomic mass is 10.2. The van der Waals surface area contributed by atoms with E-state index in [4.69, 9.17) is 17.3 Å². The fourth-order valence-corrected chi connectivity index (χ4v) is 3.24. The molecule has 4 heteroatoms. The van der Waals surface area contributed by atoms with E-state index in [2.05, 4.69) is 17.4 Å². The van der Waals surface area contributed by atoms with Gasteiger partial charge in [-0.25, -0.2) is 0 Å². The third-order valence-electron chi connectivity index (χ3n) is 2.69. The van der Waals surface area contributed by atoms with Gasteiger partial charge in [0.1, 0.15) is 0 Å². The zero-order valence-corrected chi connectivity index (χ0v) is 11.3. The van der Waals surface area contributed by atoms with Crippen LogP contribution in [0.3, 0.4) is 0 Å². The van der Waals surface area contributed by atoms with Gasteiger partial charge < -0.3 is 11.1 Å². The molecule has 2 nitrogen and oxygen atoms in total. The number of halogens is 1. The molecule has 92 valence electrons. The number of rotatable bonds is 6. The molecule has 0 fully saturated rings. The first-order valence-electron chi connectivity index (χ1n) is 5.89. The van der Waals surface area contributed by atoms with Crippen molar-refractivity contribution in [3.63, 3.8) is 0 Å². The number of fused-ring (bicyclic) bond motifs is 1. The first-order chi connectivity index (χ1) is 8.33. The molecular formula is C13H17ClN2S. The number of hydrogen-bond donors (Lipinski definition) is 2. The Hall–Kier alpha value is -0.610. The van der Waals surface area contributed by atoms with Crippen LogP contribution in [0.4, 0.5) is 0 Å². The summed E-state index contributed by atoms with van der Waals surface area (Å²) in [5.74, 6) is 0. The molecule has 1 heterocycles. The molecular weight excluding hydrogens is 252 g/mol. The molecule has 0 radical (unpaired) electrons. The number of hydrogen-bond acceptors (Lipinski definition) is 3. The molecule has 2 aromatic rings. The van der Waals surface area contributed by atoms with Crippen LogP contribution >= 0.6 is 22.9 Å². The van der Waals surface area contributed by atoms with E-state index in [1.165, 1.54) is 9.58 Å². The van der Waals surface area contributed by atoms with Crippen LogP contribution < -0.4 is 11.1 Å². The maximum atomic E-state index is 6.35. The summed E-state index contributed by atoms with van der Waals surface area (Å²) in [4.78, 5) is 1.22. The first-order valence-corrected chi connectivity index (χ1v) is 7.09. The van der Waals surface area contributed by atoms with Crippen molar-refractivity contribution in [1.82, 2.24) is 5.32 Å². The van der Waals surface area contributed by atoms with Crippen LogP contribution in [0.5, 0.6) is 0 Å². The summed E-state index contributed by atoms with van der Waals surface area (Å²) < 4.78 is 1.26. The lowest BCUT2D eigenvalue weighted by Gasteiger charge is -2.02. The van der Waals surface area contributed by atoms with Gasteiger partial charge in [-0.05, 0) is 32.0 Å². The topological polar surface area (TPSA) is 38.0 Å². The number of nitrogens with one attached hydrogen (secondary N) is 1. The maximum absolute atomic E-state index is 6.35. The zero-order valence-electron chi connectivity index (χ0n) is 9.71. The van der Waals surface area contributed by atoms with Gasteiger partial charge in [-0.3, -0.25) is 0 Å². The van der Waals surface area contributed by atoms with Crippen molar-refractivity contribution in [3.8, 4) is 0 Å². The third-order valence-corrected chi connectivity index (χ3v) is 4.41. The largest absolute Gasteiger partial charge is 0.330 e. The third kappa shape index (κ3) is 3.19. The predicted molar refractivity (Wildman–Crippen MR) is 76.8 cm³/mol. The Kier molecular flexibility index (Phi) is 4.80. The van der Waals surface area contributed by atoms with Crippen LogP contribution in [0.1, 0.15) is 17.7 Å². The molecule has 0 aliphatic rings. The van der Waals surface area contributed by atoms with E-state index in [1.54, 1.807) is 11.3 Å².